The standard InChI is InChI=1S/C30H36N3O3.ClH/c34-29(30(17-9-1-2-10-18-30)25-13-7-4-8-14-25)35-26-21-33(19-15-23(26)16-20-33)22-27-31-28(36-32-27)24-11-5-3-6-12-24;/h3-8,11-14,23,26H,1-2,9-10,15-22H2;1H/q+1;/t23?,26-,33?;/m0./s1. The fraction of sp³-hybridized carbons (Fsp3) is 0.500. The maximum absolute atomic E-state index is 14.0. The number of halogens is 1. The molecule has 2 aromatic carbocycles. The number of aromatic nitrogens is 2. The number of hydrogen-bond acceptors (Lipinski definition) is 5. The third kappa shape index (κ3) is 5.19. The molecule has 0 radical (unpaired) electrons. The number of carbonyl (C=O) groups excluding carboxylic acids is 1. The van der Waals surface area contributed by atoms with Gasteiger partial charge in [-0.3, -0.25) is 4.79 Å². The average Bonchev–Trinajstić information content (AvgIpc) is 3.23. The molecular formula is C30H37ClN3O3+. The number of nitrogens with zero attached hydrogens (tertiary/aromatic N) is 3. The van der Waals surface area contributed by atoms with Crippen LogP contribution in [0.25, 0.3) is 11.5 Å². The van der Waals surface area contributed by atoms with Crippen LogP contribution in [0.4, 0.5) is 0 Å². The van der Waals surface area contributed by atoms with Crippen LogP contribution in [-0.2, 0) is 21.5 Å². The van der Waals surface area contributed by atoms with Crippen LogP contribution in [0.1, 0.15) is 62.8 Å². The Labute approximate surface area is 225 Å². The van der Waals surface area contributed by atoms with Gasteiger partial charge < -0.3 is 13.7 Å². The zero-order chi connectivity index (χ0) is 24.4. The molecule has 0 spiro atoms. The molecule has 3 aromatic rings. The molecule has 4 aliphatic rings. The van der Waals surface area contributed by atoms with Crippen molar-refractivity contribution in [3.8, 4) is 11.5 Å². The zero-order valence-corrected chi connectivity index (χ0v) is 22.2. The Morgan fingerprint density at radius 2 is 1.59 bits per heavy atom. The highest BCUT2D eigenvalue weighted by molar-refractivity contribution is 5.85. The first-order chi connectivity index (χ1) is 17.7. The third-order valence-electron chi connectivity index (χ3n) is 8.94. The summed E-state index contributed by atoms with van der Waals surface area (Å²) in [5.41, 5.74) is 1.56. The van der Waals surface area contributed by atoms with Crippen LogP contribution in [0.15, 0.2) is 65.2 Å². The molecule has 37 heavy (non-hydrogen) atoms. The van der Waals surface area contributed by atoms with Crippen molar-refractivity contribution in [2.45, 2.75) is 69.4 Å². The van der Waals surface area contributed by atoms with Crippen molar-refractivity contribution in [2.75, 3.05) is 19.6 Å². The van der Waals surface area contributed by atoms with Gasteiger partial charge in [-0.25, -0.2) is 0 Å². The van der Waals surface area contributed by atoms with E-state index in [1.807, 2.05) is 36.4 Å². The first-order valence-electron chi connectivity index (χ1n) is 13.7. The molecule has 2 bridgehead atoms. The summed E-state index contributed by atoms with van der Waals surface area (Å²) in [5.74, 6) is 1.76. The van der Waals surface area contributed by atoms with Gasteiger partial charge in [-0.2, -0.15) is 4.98 Å². The van der Waals surface area contributed by atoms with Crippen LogP contribution in [0.5, 0.6) is 0 Å². The molecule has 1 aliphatic carbocycles. The fourth-order valence-electron chi connectivity index (χ4n) is 6.84. The van der Waals surface area contributed by atoms with Gasteiger partial charge in [-0.15, -0.1) is 12.4 Å². The molecular weight excluding hydrogens is 486 g/mol. The highest BCUT2D eigenvalue weighted by atomic mass is 35.5. The van der Waals surface area contributed by atoms with Gasteiger partial charge in [0, 0.05) is 24.3 Å². The Bertz CT molecular complexity index is 1170. The van der Waals surface area contributed by atoms with Crippen LogP contribution in [-0.4, -0.2) is 46.3 Å². The molecule has 7 heteroatoms. The lowest BCUT2D eigenvalue weighted by atomic mass is 9.74. The third-order valence-corrected chi connectivity index (χ3v) is 8.94. The summed E-state index contributed by atoms with van der Waals surface area (Å²) in [7, 11) is 0. The lowest BCUT2D eigenvalue weighted by Crippen LogP contribution is -2.64. The van der Waals surface area contributed by atoms with Crippen LogP contribution in [0.3, 0.4) is 0 Å². The smallest absolute Gasteiger partial charge is 0.317 e. The Hall–Kier alpha value is -2.70. The molecule has 4 heterocycles. The molecule has 6 nitrogen and oxygen atoms in total. The van der Waals surface area contributed by atoms with Crippen molar-refractivity contribution in [2.24, 2.45) is 5.92 Å². The Balaban J connectivity index is 0.00000280. The minimum Gasteiger partial charge on any atom is -0.455 e. The first kappa shape index (κ1) is 25.9. The largest absolute Gasteiger partial charge is 0.455 e. The van der Waals surface area contributed by atoms with Crippen molar-refractivity contribution in [1.29, 1.82) is 0 Å². The molecule has 196 valence electrons. The quantitative estimate of drug-likeness (QED) is 0.222. The number of esters is 1. The van der Waals surface area contributed by atoms with E-state index in [0.29, 0.717) is 11.8 Å². The molecule has 1 aromatic heterocycles. The Morgan fingerprint density at radius 3 is 2.27 bits per heavy atom. The fourth-order valence-corrected chi connectivity index (χ4v) is 6.84. The van der Waals surface area contributed by atoms with E-state index >= 15 is 0 Å². The molecule has 1 saturated carbocycles. The van der Waals surface area contributed by atoms with Crippen molar-refractivity contribution < 1.29 is 18.5 Å². The van der Waals surface area contributed by atoms with E-state index in [4.69, 9.17) is 14.2 Å². The van der Waals surface area contributed by atoms with Gasteiger partial charge in [0.1, 0.15) is 13.1 Å². The van der Waals surface area contributed by atoms with E-state index in [1.165, 1.54) is 12.8 Å². The topological polar surface area (TPSA) is 65.2 Å². The number of piperidine rings is 3. The number of fused-ring (bicyclic) bond motifs is 3. The highest BCUT2D eigenvalue weighted by Crippen LogP contribution is 2.42. The Kier molecular flexibility index (Phi) is 7.68. The minimum absolute atomic E-state index is 0. The van der Waals surface area contributed by atoms with Crippen LogP contribution < -0.4 is 0 Å². The second-order valence-corrected chi connectivity index (χ2v) is 11.2. The van der Waals surface area contributed by atoms with Gasteiger partial charge in [-0.1, -0.05) is 79.4 Å². The van der Waals surface area contributed by atoms with Gasteiger partial charge in [-0.05, 0) is 30.5 Å². The predicted molar refractivity (Wildman–Crippen MR) is 144 cm³/mol. The van der Waals surface area contributed by atoms with Gasteiger partial charge >= 0.3 is 5.97 Å². The van der Waals surface area contributed by atoms with Crippen LogP contribution in [0.2, 0.25) is 0 Å². The number of quaternary nitrogens is 1. The summed E-state index contributed by atoms with van der Waals surface area (Å²) in [4.78, 5) is 18.7. The minimum atomic E-state index is -0.507. The summed E-state index contributed by atoms with van der Waals surface area (Å²) in [6, 6.07) is 20.3. The van der Waals surface area contributed by atoms with Crippen molar-refractivity contribution in [3.05, 3.63) is 72.1 Å². The normalized spacial score (nSPS) is 26.6. The summed E-state index contributed by atoms with van der Waals surface area (Å²) in [6.45, 7) is 3.73. The second-order valence-electron chi connectivity index (χ2n) is 11.2. The van der Waals surface area contributed by atoms with E-state index in [2.05, 4.69) is 29.4 Å². The molecule has 3 aliphatic heterocycles. The molecule has 3 saturated heterocycles. The average molecular weight is 523 g/mol. The number of carbonyl (C=O) groups is 1. The lowest BCUT2D eigenvalue weighted by Gasteiger charge is -2.51. The number of hydrogen-bond donors (Lipinski definition) is 0. The maximum Gasteiger partial charge on any atom is 0.317 e. The number of ether oxygens (including phenoxy) is 1. The SMILES string of the molecule is Cl.O=C(O[C@H]1C[N+]2(Cc3noc(-c4ccccc4)n3)CCC1CC2)C1(c2ccccc2)CCCCCC1. The Morgan fingerprint density at radius 1 is 0.946 bits per heavy atom. The van der Waals surface area contributed by atoms with Gasteiger partial charge in [0.2, 0.25) is 5.82 Å². The van der Waals surface area contributed by atoms with Gasteiger partial charge in [0.25, 0.3) is 5.89 Å². The second kappa shape index (κ2) is 11.0. The van der Waals surface area contributed by atoms with Crippen molar-refractivity contribution in [3.63, 3.8) is 0 Å². The van der Waals surface area contributed by atoms with E-state index in [9.17, 15) is 4.79 Å². The molecule has 0 N–H and O–H groups in total. The summed E-state index contributed by atoms with van der Waals surface area (Å²) < 4.78 is 13.0. The molecule has 0 amide bonds. The van der Waals surface area contributed by atoms with Crippen molar-refractivity contribution in [1.82, 2.24) is 10.1 Å². The lowest BCUT2D eigenvalue weighted by molar-refractivity contribution is -0.958. The van der Waals surface area contributed by atoms with E-state index in [1.54, 1.807) is 0 Å². The summed E-state index contributed by atoms with van der Waals surface area (Å²) in [6.07, 6.45) is 8.46. The zero-order valence-electron chi connectivity index (χ0n) is 21.4. The summed E-state index contributed by atoms with van der Waals surface area (Å²) in [5, 5.41) is 4.31. The molecule has 7 rings (SSSR count). The van der Waals surface area contributed by atoms with Crippen molar-refractivity contribution >= 4 is 18.4 Å². The highest BCUT2D eigenvalue weighted by Gasteiger charge is 2.50. The first-order valence-corrected chi connectivity index (χ1v) is 13.7. The van der Waals surface area contributed by atoms with E-state index in [-0.39, 0.29) is 24.5 Å². The molecule has 0 unspecified atom stereocenters. The van der Waals surface area contributed by atoms with Gasteiger partial charge in [0.05, 0.1) is 18.5 Å². The maximum atomic E-state index is 14.0. The van der Waals surface area contributed by atoms with Crippen LogP contribution >= 0.6 is 12.4 Å². The molecule has 1 atom stereocenters. The predicted octanol–water partition coefficient (Wildman–Crippen LogP) is 6.10. The van der Waals surface area contributed by atoms with Gasteiger partial charge in [0.15, 0.2) is 6.10 Å². The van der Waals surface area contributed by atoms with E-state index in [0.717, 1.165) is 86.1 Å². The summed E-state index contributed by atoms with van der Waals surface area (Å²) >= 11 is 0. The molecule has 4 fully saturated rings. The van der Waals surface area contributed by atoms with E-state index < -0.39 is 5.41 Å². The van der Waals surface area contributed by atoms with Crippen LogP contribution in [0, 0.1) is 5.92 Å². The number of benzene rings is 2. The monoisotopic (exact) mass is 522 g/mol. The number of rotatable bonds is 6.